The molecule has 86 valence electrons. The van der Waals surface area contributed by atoms with Crippen molar-refractivity contribution in [2.45, 2.75) is 44.2 Å². The molecule has 1 N–H and O–H groups in total. The van der Waals surface area contributed by atoms with Crippen LogP contribution in [0.25, 0.3) is 0 Å². The molecule has 2 aliphatic heterocycles. The molecule has 2 rings (SSSR count). The van der Waals surface area contributed by atoms with E-state index in [1.807, 2.05) is 0 Å². The van der Waals surface area contributed by atoms with Gasteiger partial charge in [-0.2, -0.15) is 0 Å². The van der Waals surface area contributed by atoms with Gasteiger partial charge in [-0.05, 0) is 13.8 Å². The van der Waals surface area contributed by atoms with Crippen molar-refractivity contribution >= 4 is 6.21 Å². The minimum atomic E-state index is -0.867. The van der Waals surface area contributed by atoms with Crippen LogP contribution in [0.15, 0.2) is 0 Å². The van der Waals surface area contributed by atoms with Gasteiger partial charge in [-0.25, -0.2) is 4.74 Å². The summed E-state index contributed by atoms with van der Waals surface area (Å²) in [7, 11) is 1.33. The van der Waals surface area contributed by atoms with Crippen molar-refractivity contribution in [3.8, 4) is 0 Å². The highest BCUT2D eigenvalue weighted by atomic mass is 16.8. The van der Waals surface area contributed by atoms with Crippen LogP contribution in [-0.2, 0) is 14.2 Å². The van der Waals surface area contributed by atoms with E-state index in [1.54, 1.807) is 13.8 Å². The Hall–Kier alpha value is -0.690. The van der Waals surface area contributed by atoms with E-state index in [2.05, 4.69) is 0 Å². The van der Waals surface area contributed by atoms with Gasteiger partial charge in [0, 0.05) is 0 Å². The van der Waals surface area contributed by atoms with Gasteiger partial charge in [0.1, 0.15) is 19.3 Å². The molecule has 0 aromatic carbocycles. The van der Waals surface area contributed by atoms with Gasteiger partial charge in [0.2, 0.25) is 0 Å². The fraction of sp³-hybridized carbons (Fsp3) is 0.889. The maximum atomic E-state index is 10.8. The molecule has 6 heteroatoms. The molecule has 0 aromatic rings. The highest BCUT2D eigenvalue weighted by Crippen LogP contribution is 2.36. The van der Waals surface area contributed by atoms with Crippen LogP contribution in [0.1, 0.15) is 13.8 Å². The zero-order chi connectivity index (χ0) is 11.2. The molecule has 0 bridgehead atoms. The second kappa shape index (κ2) is 3.41. The lowest BCUT2D eigenvalue weighted by Gasteiger charge is -2.20. The monoisotopic (exact) mass is 217 g/mol. The number of nitrogens with zero attached hydrogens (tertiary/aromatic N) is 1. The van der Waals surface area contributed by atoms with Crippen molar-refractivity contribution in [2.24, 2.45) is 0 Å². The van der Waals surface area contributed by atoms with Crippen LogP contribution < -0.4 is 0 Å². The van der Waals surface area contributed by atoms with Crippen molar-refractivity contribution in [1.29, 1.82) is 0 Å². The number of aliphatic hydroxyl groups is 1. The summed E-state index contributed by atoms with van der Waals surface area (Å²) in [5.41, 5.74) is 0. The molecular formula is C9H15NO5. The van der Waals surface area contributed by atoms with Gasteiger partial charge in [-0.3, -0.25) is 0 Å². The van der Waals surface area contributed by atoms with Gasteiger partial charge in [-0.15, -0.1) is 0 Å². The summed E-state index contributed by atoms with van der Waals surface area (Å²) in [6, 6.07) is 0. The predicted molar refractivity (Wildman–Crippen MR) is 50.3 cm³/mol. The molecule has 2 saturated heterocycles. The Balaban J connectivity index is 2.08. The predicted octanol–water partition coefficient (Wildman–Crippen LogP) is -0.565. The summed E-state index contributed by atoms with van der Waals surface area (Å²) in [6.45, 7) is 3.50. The van der Waals surface area contributed by atoms with Crippen molar-refractivity contribution in [3.63, 3.8) is 0 Å². The molecule has 15 heavy (non-hydrogen) atoms. The molecule has 2 aliphatic rings. The summed E-state index contributed by atoms with van der Waals surface area (Å²) < 4.78 is 16.8. The van der Waals surface area contributed by atoms with E-state index in [4.69, 9.17) is 14.2 Å². The lowest BCUT2D eigenvalue weighted by molar-refractivity contribution is -0.421. The Bertz CT molecular complexity index is 286. The number of rotatable bonds is 1. The molecule has 0 radical (unpaired) electrons. The number of aliphatic hydroxyl groups excluding tert-OH is 1. The molecule has 0 saturated carbocycles. The summed E-state index contributed by atoms with van der Waals surface area (Å²) in [4.78, 5) is 0. The Kier molecular flexibility index (Phi) is 2.46. The first kappa shape index (κ1) is 10.8. The smallest absolute Gasteiger partial charge is 0.190 e. The highest BCUT2D eigenvalue weighted by molar-refractivity contribution is 5.59. The third-order valence-corrected chi connectivity index (χ3v) is 2.41. The van der Waals surface area contributed by atoms with Crippen molar-refractivity contribution in [2.75, 3.05) is 7.05 Å². The van der Waals surface area contributed by atoms with Gasteiger partial charge in [-0.1, -0.05) is 0 Å². The third-order valence-electron chi connectivity index (χ3n) is 2.41. The van der Waals surface area contributed by atoms with Crippen molar-refractivity contribution < 1.29 is 24.1 Å². The number of fused-ring (bicyclic) bond motifs is 1. The third kappa shape index (κ3) is 1.98. The van der Waals surface area contributed by atoms with Crippen LogP contribution in [-0.4, -0.2) is 53.5 Å². The molecular weight excluding hydrogens is 202 g/mol. The first-order valence-corrected chi connectivity index (χ1v) is 4.83. The second-order valence-corrected chi connectivity index (χ2v) is 4.26. The largest absolute Gasteiger partial charge is 0.624 e. The molecule has 6 nitrogen and oxygen atoms in total. The van der Waals surface area contributed by atoms with Crippen molar-refractivity contribution in [1.82, 2.24) is 0 Å². The maximum Gasteiger partial charge on any atom is 0.190 e. The minimum absolute atomic E-state index is 0.527. The number of hydroxylamine groups is 1. The lowest BCUT2D eigenvalue weighted by Crippen LogP contribution is -2.36. The van der Waals surface area contributed by atoms with E-state index < -0.39 is 30.4 Å². The van der Waals surface area contributed by atoms with E-state index in [9.17, 15) is 10.3 Å². The van der Waals surface area contributed by atoms with E-state index >= 15 is 0 Å². The Morgan fingerprint density at radius 1 is 1.40 bits per heavy atom. The van der Waals surface area contributed by atoms with Crippen LogP contribution in [0.5, 0.6) is 0 Å². The Morgan fingerprint density at radius 3 is 2.60 bits per heavy atom. The first-order valence-electron chi connectivity index (χ1n) is 4.83. The average molecular weight is 217 g/mol. The van der Waals surface area contributed by atoms with Crippen LogP contribution in [0.3, 0.4) is 0 Å². The Morgan fingerprint density at radius 2 is 2.07 bits per heavy atom. The van der Waals surface area contributed by atoms with E-state index in [1.165, 1.54) is 13.3 Å². The second-order valence-electron chi connectivity index (χ2n) is 4.26. The van der Waals surface area contributed by atoms with Gasteiger partial charge >= 0.3 is 0 Å². The lowest BCUT2D eigenvalue weighted by atomic mass is 10.1. The molecule has 2 fully saturated rings. The van der Waals surface area contributed by atoms with Crippen LogP contribution in [0.4, 0.5) is 0 Å². The highest BCUT2D eigenvalue weighted by Gasteiger charge is 2.54. The van der Waals surface area contributed by atoms with Crippen molar-refractivity contribution in [3.05, 3.63) is 5.21 Å². The van der Waals surface area contributed by atoms with Crippen LogP contribution in [0.2, 0.25) is 0 Å². The molecule has 0 aromatic heterocycles. The number of hydrogen-bond donors (Lipinski definition) is 1. The van der Waals surface area contributed by atoms with Crippen LogP contribution >= 0.6 is 0 Å². The molecule has 0 spiro atoms. The topological polar surface area (TPSA) is 74.0 Å². The number of ether oxygens (including phenoxy) is 3. The Labute approximate surface area is 87.6 Å². The summed E-state index contributed by atoms with van der Waals surface area (Å²) >= 11 is 0. The molecule has 2 heterocycles. The maximum absolute atomic E-state index is 10.8. The van der Waals surface area contributed by atoms with Crippen LogP contribution in [0, 0.1) is 5.21 Å². The molecule has 0 aliphatic carbocycles. The minimum Gasteiger partial charge on any atom is -0.624 e. The van der Waals surface area contributed by atoms with E-state index in [-0.39, 0.29) is 0 Å². The zero-order valence-corrected chi connectivity index (χ0v) is 8.91. The zero-order valence-electron chi connectivity index (χ0n) is 8.91. The number of hydrogen-bond acceptors (Lipinski definition) is 5. The fourth-order valence-corrected chi connectivity index (χ4v) is 1.85. The first-order chi connectivity index (χ1) is 6.89. The van der Waals surface area contributed by atoms with Gasteiger partial charge < -0.3 is 24.5 Å². The van der Waals surface area contributed by atoms with E-state index in [0.29, 0.717) is 4.74 Å². The summed E-state index contributed by atoms with van der Waals surface area (Å²) in [6.07, 6.45) is -1.41. The average Bonchev–Trinajstić information content (AvgIpc) is 2.48. The summed E-state index contributed by atoms with van der Waals surface area (Å²) in [5.74, 6) is -0.745. The van der Waals surface area contributed by atoms with Gasteiger partial charge in [0.15, 0.2) is 24.4 Å². The molecule has 0 unspecified atom stereocenters. The fourth-order valence-electron chi connectivity index (χ4n) is 1.85. The van der Waals surface area contributed by atoms with Gasteiger partial charge in [0.05, 0.1) is 0 Å². The normalized spacial score (nSPS) is 44.4. The summed E-state index contributed by atoms with van der Waals surface area (Å²) in [5, 5.41) is 20.6. The SMILES string of the molecule is C/[N+]([O-])=C/[C@H]1O[C@@H]2OC(C)(C)O[C@@H]2[C@H]1O. The van der Waals surface area contributed by atoms with Gasteiger partial charge in [0.25, 0.3) is 0 Å². The molecule has 0 amide bonds. The van der Waals surface area contributed by atoms with E-state index in [0.717, 1.165) is 0 Å². The quantitative estimate of drug-likeness (QED) is 0.276. The standard InChI is InChI=1S/C9H15NO5/c1-9(2)14-7-6(11)5(4-10(3)12)13-8(7)15-9/h4-8,11H,1-3H3/b10-4-/t5-,6+,7-,8-/m1/s1. The molecule has 4 atom stereocenters.